The zero-order valence-corrected chi connectivity index (χ0v) is 8.56. The van der Waals surface area contributed by atoms with Crippen LogP contribution in [0, 0.1) is 0 Å². The number of nitrogens with zero attached hydrogens (tertiary/aromatic N) is 2. The number of hydrogen-bond acceptors (Lipinski definition) is 2. The first-order chi connectivity index (χ1) is 6.36. The summed E-state index contributed by atoms with van der Waals surface area (Å²) in [5.74, 6) is 0. The third-order valence-electron chi connectivity index (χ3n) is 1.70. The van der Waals surface area contributed by atoms with Crippen LogP contribution >= 0.6 is 0 Å². The van der Waals surface area contributed by atoms with Crippen LogP contribution in [0.5, 0.6) is 0 Å². The molecule has 1 radical (unpaired) electrons. The van der Waals surface area contributed by atoms with Crippen LogP contribution in [-0.2, 0) is 0 Å². The van der Waals surface area contributed by atoms with E-state index in [1.165, 1.54) is 0 Å². The molecule has 0 saturated carbocycles. The Bertz CT molecular complexity index is 401. The average molecular weight is 234 g/mol. The Morgan fingerprint density at radius 3 is 2.46 bits per heavy atom. The number of rotatable bonds is 1. The molecule has 1 aromatic heterocycles. The predicted molar refractivity (Wildman–Crippen MR) is 52.9 cm³/mol. The molecule has 3 heteroatoms. The van der Waals surface area contributed by atoms with E-state index in [-0.39, 0.29) is 0 Å². The van der Waals surface area contributed by atoms with E-state index in [2.05, 4.69) is 26.0 Å². The van der Waals surface area contributed by atoms with Gasteiger partial charge < -0.3 is 0 Å². The second-order valence-corrected chi connectivity index (χ2v) is 3.36. The van der Waals surface area contributed by atoms with Gasteiger partial charge in [-0.05, 0) is 0 Å². The van der Waals surface area contributed by atoms with Crippen LogP contribution in [0.3, 0.4) is 0 Å². The summed E-state index contributed by atoms with van der Waals surface area (Å²) in [6.45, 7) is 0. The Morgan fingerprint density at radius 2 is 1.77 bits per heavy atom. The summed E-state index contributed by atoms with van der Waals surface area (Å²) < 4.78 is 0.682. The maximum atomic E-state index is 4.28. The second-order valence-electron chi connectivity index (χ2n) is 2.59. The topological polar surface area (TPSA) is 25.8 Å². The van der Waals surface area contributed by atoms with Crippen molar-refractivity contribution in [2.45, 2.75) is 0 Å². The van der Waals surface area contributed by atoms with Crippen LogP contribution in [0.2, 0.25) is 0 Å². The van der Waals surface area contributed by atoms with Crippen LogP contribution in [0.1, 0.15) is 0 Å². The fourth-order valence-electron chi connectivity index (χ4n) is 1.11. The average Bonchev–Trinajstić information content (AvgIpc) is 2.19. The molecule has 0 N–H and O–H groups in total. The third-order valence-corrected chi connectivity index (χ3v) is 2.12. The fraction of sp³-hybridized carbons (Fsp3) is 0. The Labute approximate surface area is 84.9 Å². The van der Waals surface area contributed by atoms with E-state index < -0.39 is 0 Å². The molecule has 13 heavy (non-hydrogen) atoms. The van der Waals surface area contributed by atoms with Gasteiger partial charge in [-0.1, -0.05) is 0 Å². The summed E-state index contributed by atoms with van der Waals surface area (Å²) in [6.07, 6.45) is 1.75. The molecule has 2 aromatic rings. The van der Waals surface area contributed by atoms with Gasteiger partial charge in [0, 0.05) is 0 Å². The molecule has 0 bridgehead atoms. The Kier molecular flexibility index (Phi) is 2.39. The first-order valence-corrected chi connectivity index (χ1v) is 4.77. The molecule has 0 unspecified atom stereocenters. The van der Waals surface area contributed by atoms with Crippen LogP contribution in [0.15, 0.2) is 42.6 Å². The minimum atomic E-state index is 0.682. The molecule has 63 valence electrons. The van der Waals surface area contributed by atoms with E-state index in [1.807, 2.05) is 36.4 Å². The minimum absolute atomic E-state index is 0.682. The molecule has 2 rings (SSSR count). The van der Waals surface area contributed by atoms with Gasteiger partial charge in [0.05, 0.1) is 0 Å². The fourth-order valence-corrected chi connectivity index (χ4v) is 1.44. The van der Waals surface area contributed by atoms with Gasteiger partial charge in [-0.2, -0.15) is 0 Å². The SMILES string of the molecule is [Se]c1nccc(-c2ccccc2)n1. The van der Waals surface area contributed by atoms with Gasteiger partial charge in [0.2, 0.25) is 0 Å². The summed E-state index contributed by atoms with van der Waals surface area (Å²) in [5, 5.41) is 0. The summed E-state index contributed by atoms with van der Waals surface area (Å²) in [6, 6.07) is 11.9. The molecule has 0 amide bonds. The molecule has 0 atom stereocenters. The standard InChI is InChI=1S/C10H7N2Se/c13-10-11-7-6-9(12-10)8-4-2-1-3-5-8/h1-7H. The van der Waals surface area contributed by atoms with Crippen molar-refractivity contribution in [3.63, 3.8) is 0 Å². The van der Waals surface area contributed by atoms with Crippen LogP contribution < -0.4 is 4.72 Å². The Hall–Kier alpha value is -1.18. The maximum absolute atomic E-state index is 4.28. The van der Waals surface area contributed by atoms with Crippen molar-refractivity contribution >= 4 is 20.7 Å². The number of aromatic nitrogens is 2. The van der Waals surface area contributed by atoms with Crippen molar-refractivity contribution in [1.82, 2.24) is 9.97 Å². The molecule has 0 aliphatic rings. The van der Waals surface area contributed by atoms with Gasteiger partial charge >= 0.3 is 84.6 Å². The van der Waals surface area contributed by atoms with Crippen molar-refractivity contribution < 1.29 is 0 Å². The van der Waals surface area contributed by atoms with Crippen molar-refractivity contribution in [3.8, 4) is 11.3 Å². The molecule has 0 fully saturated rings. The molecule has 1 aromatic carbocycles. The zero-order valence-electron chi connectivity index (χ0n) is 6.84. The normalized spacial score (nSPS) is 9.85. The molecular weight excluding hydrogens is 227 g/mol. The first kappa shape index (κ1) is 8.42. The van der Waals surface area contributed by atoms with Crippen LogP contribution in [0.4, 0.5) is 0 Å². The Morgan fingerprint density at radius 1 is 1.00 bits per heavy atom. The van der Waals surface area contributed by atoms with Crippen molar-refractivity contribution in [2.75, 3.05) is 0 Å². The van der Waals surface area contributed by atoms with Crippen molar-refractivity contribution in [2.24, 2.45) is 0 Å². The van der Waals surface area contributed by atoms with E-state index in [0.29, 0.717) is 4.72 Å². The van der Waals surface area contributed by atoms with Gasteiger partial charge in [0.15, 0.2) is 0 Å². The third kappa shape index (κ3) is 1.94. The zero-order chi connectivity index (χ0) is 9.10. The number of hydrogen-bond donors (Lipinski definition) is 0. The molecule has 0 aliphatic heterocycles. The molecule has 1 heterocycles. The van der Waals surface area contributed by atoms with Gasteiger partial charge in [0.1, 0.15) is 0 Å². The molecular formula is C10H7N2Se. The summed E-state index contributed by atoms with van der Waals surface area (Å²) in [5.41, 5.74) is 2.06. The van der Waals surface area contributed by atoms with E-state index in [0.717, 1.165) is 11.3 Å². The van der Waals surface area contributed by atoms with Gasteiger partial charge in [-0.15, -0.1) is 0 Å². The van der Waals surface area contributed by atoms with E-state index >= 15 is 0 Å². The van der Waals surface area contributed by atoms with Gasteiger partial charge in [0.25, 0.3) is 0 Å². The summed E-state index contributed by atoms with van der Waals surface area (Å²) in [7, 11) is 0. The Balaban J connectivity index is 2.48. The van der Waals surface area contributed by atoms with Gasteiger partial charge in [-0.3, -0.25) is 0 Å². The predicted octanol–water partition coefficient (Wildman–Crippen LogP) is 0.937. The van der Waals surface area contributed by atoms with Crippen LogP contribution in [0.25, 0.3) is 11.3 Å². The van der Waals surface area contributed by atoms with Gasteiger partial charge in [-0.25, -0.2) is 0 Å². The molecule has 0 aliphatic carbocycles. The van der Waals surface area contributed by atoms with Crippen LogP contribution in [-0.4, -0.2) is 26.0 Å². The quantitative estimate of drug-likeness (QED) is 0.686. The van der Waals surface area contributed by atoms with E-state index in [9.17, 15) is 0 Å². The first-order valence-electron chi connectivity index (χ1n) is 3.92. The molecule has 0 saturated heterocycles. The molecule has 0 spiro atoms. The number of benzene rings is 1. The van der Waals surface area contributed by atoms with Crippen molar-refractivity contribution in [3.05, 3.63) is 42.6 Å². The second kappa shape index (κ2) is 3.69. The monoisotopic (exact) mass is 235 g/mol. The van der Waals surface area contributed by atoms with E-state index in [4.69, 9.17) is 0 Å². The summed E-state index contributed by atoms with van der Waals surface area (Å²) >= 11 is 2.79. The summed E-state index contributed by atoms with van der Waals surface area (Å²) in [4.78, 5) is 8.28. The molecule has 2 nitrogen and oxygen atoms in total. The van der Waals surface area contributed by atoms with E-state index in [1.54, 1.807) is 6.20 Å². The van der Waals surface area contributed by atoms with Crippen molar-refractivity contribution in [1.29, 1.82) is 0 Å².